The topological polar surface area (TPSA) is 97.3 Å². The second-order valence-corrected chi connectivity index (χ2v) is 6.37. The summed E-state index contributed by atoms with van der Waals surface area (Å²) in [4.78, 5) is 27.6. The number of fused-ring (bicyclic) bond motifs is 3. The summed E-state index contributed by atoms with van der Waals surface area (Å²) in [5, 5.41) is 0.882. The number of aromatic nitrogens is 4. The number of aromatic amines is 2. The maximum atomic E-state index is 12.6. The van der Waals surface area contributed by atoms with E-state index in [9.17, 15) is 4.79 Å². The number of hydrogen-bond acceptors (Lipinski definition) is 5. The van der Waals surface area contributed by atoms with Crippen molar-refractivity contribution in [2.75, 3.05) is 14.2 Å². The number of pyridine rings is 1. The van der Waals surface area contributed by atoms with Crippen molar-refractivity contribution >= 4 is 28.0 Å². The molecule has 3 heterocycles. The third-order valence-corrected chi connectivity index (χ3v) is 4.43. The Bertz CT molecular complexity index is 1110. The molecule has 28 heavy (non-hydrogen) atoms. The lowest BCUT2D eigenvalue weighted by Crippen LogP contribution is -2.18. The van der Waals surface area contributed by atoms with Crippen LogP contribution in [-0.2, 0) is 16.0 Å². The van der Waals surface area contributed by atoms with Gasteiger partial charge in [-0.05, 0) is 19.4 Å². The molecule has 0 radical (unpaired) electrons. The lowest BCUT2D eigenvalue weighted by molar-refractivity contribution is 0.292. The maximum Gasteiger partial charge on any atom is 0.326 e. The summed E-state index contributed by atoms with van der Waals surface area (Å²) in [6, 6.07) is 1.90. The lowest BCUT2D eigenvalue weighted by atomic mass is 10.2. The van der Waals surface area contributed by atoms with Gasteiger partial charge in [-0.25, -0.2) is 14.8 Å². The third kappa shape index (κ3) is 4.00. The first-order valence-electron chi connectivity index (χ1n) is 9.16. The summed E-state index contributed by atoms with van der Waals surface area (Å²) in [5.74, 6) is 1.10. The zero-order valence-electron chi connectivity index (χ0n) is 16.6. The van der Waals surface area contributed by atoms with Crippen molar-refractivity contribution in [1.29, 1.82) is 0 Å². The molecule has 0 aliphatic heterocycles. The van der Waals surface area contributed by atoms with Gasteiger partial charge in [0.05, 0.1) is 49.5 Å². The molecule has 0 atom stereocenters. The average molecular weight is 383 g/mol. The number of unbranched alkanes of at least 4 members (excludes halogenated alkanes) is 1. The molecule has 0 aliphatic rings. The summed E-state index contributed by atoms with van der Waals surface area (Å²) in [7, 11) is 3.15. The van der Waals surface area contributed by atoms with E-state index in [1.807, 2.05) is 19.1 Å². The molecule has 3 aromatic heterocycles. The normalized spacial score (nSPS) is 13.5. The molecule has 2 N–H and O–H groups in total. The summed E-state index contributed by atoms with van der Waals surface area (Å²) >= 11 is 0. The number of nitrogens with one attached hydrogen (secondary N) is 2. The molecule has 0 saturated heterocycles. The van der Waals surface area contributed by atoms with E-state index in [0.717, 1.165) is 40.6 Å². The van der Waals surface area contributed by atoms with Gasteiger partial charge in [-0.2, -0.15) is 0 Å². The fourth-order valence-electron chi connectivity index (χ4n) is 2.90. The van der Waals surface area contributed by atoms with Crippen LogP contribution in [0.3, 0.4) is 0 Å². The van der Waals surface area contributed by atoms with Crippen LogP contribution in [0.4, 0.5) is 0 Å². The Hall–Kier alpha value is -3.29. The fraction of sp³-hybridized carbons (Fsp3) is 0.350. The Balaban J connectivity index is 2.04. The first kappa shape index (κ1) is 19.5. The van der Waals surface area contributed by atoms with Gasteiger partial charge in [0.2, 0.25) is 5.90 Å². The summed E-state index contributed by atoms with van der Waals surface area (Å²) in [6.45, 7) is 4.22. The van der Waals surface area contributed by atoms with E-state index < -0.39 is 0 Å². The molecule has 0 spiro atoms. The zero-order valence-corrected chi connectivity index (χ0v) is 16.6. The van der Waals surface area contributed by atoms with Crippen molar-refractivity contribution in [3.8, 4) is 0 Å². The van der Waals surface area contributed by atoms with Gasteiger partial charge in [0, 0.05) is 17.7 Å². The Labute approximate surface area is 162 Å². The monoisotopic (exact) mass is 383 g/mol. The molecule has 0 fully saturated rings. The molecule has 8 nitrogen and oxygen atoms in total. The SMILES string of the molecule is CCC/C=C(Cn1c(=O)[nH]c2c3cc[nH]c3ncc21)/N=C(/C=C(\C)OC)OC. The van der Waals surface area contributed by atoms with E-state index in [1.165, 1.54) is 0 Å². The van der Waals surface area contributed by atoms with E-state index >= 15 is 0 Å². The van der Waals surface area contributed by atoms with E-state index in [2.05, 4.69) is 26.9 Å². The van der Waals surface area contributed by atoms with Gasteiger partial charge in [0.15, 0.2) is 0 Å². The van der Waals surface area contributed by atoms with Crippen LogP contribution in [-0.4, -0.2) is 39.6 Å². The number of H-pyrrole nitrogens is 2. The summed E-state index contributed by atoms with van der Waals surface area (Å²) in [6.07, 6.45) is 9.05. The second-order valence-electron chi connectivity index (χ2n) is 6.37. The van der Waals surface area contributed by atoms with Gasteiger partial charge in [-0.15, -0.1) is 0 Å². The largest absolute Gasteiger partial charge is 0.501 e. The average Bonchev–Trinajstić information content (AvgIpc) is 3.29. The third-order valence-electron chi connectivity index (χ3n) is 4.43. The molecule has 3 rings (SSSR count). The molecule has 0 amide bonds. The summed E-state index contributed by atoms with van der Waals surface area (Å²) in [5.41, 5.74) is 2.76. The van der Waals surface area contributed by atoms with Crippen LogP contribution in [0.25, 0.3) is 22.1 Å². The van der Waals surface area contributed by atoms with Crippen LogP contribution >= 0.6 is 0 Å². The summed E-state index contributed by atoms with van der Waals surface area (Å²) < 4.78 is 12.2. The number of imidazole rings is 1. The number of methoxy groups -OCH3 is 2. The smallest absolute Gasteiger partial charge is 0.326 e. The Morgan fingerprint density at radius 1 is 1.36 bits per heavy atom. The van der Waals surface area contributed by atoms with Crippen LogP contribution in [0.1, 0.15) is 26.7 Å². The number of hydrogen-bond donors (Lipinski definition) is 2. The highest BCUT2D eigenvalue weighted by Gasteiger charge is 2.13. The lowest BCUT2D eigenvalue weighted by Gasteiger charge is -2.08. The Morgan fingerprint density at radius 2 is 2.18 bits per heavy atom. The van der Waals surface area contributed by atoms with Crippen LogP contribution < -0.4 is 5.69 Å². The van der Waals surface area contributed by atoms with Gasteiger partial charge in [0.1, 0.15) is 5.65 Å². The number of rotatable bonds is 7. The minimum absolute atomic E-state index is 0.203. The van der Waals surface area contributed by atoms with E-state index in [1.54, 1.807) is 37.3 Å². The number of nitrogens with zero attached hydrogens (tertiary/aromatic N) is 3. The molecule has 0 aliphatic carbocycles. The van der Waals surface area contributed by atoms with Crippen molar-refractivity contribution < 1.29 is 9.47 Å². The number of ether oxygens (including phenoxy) is 2. The van der Waals surface area contributed by atoms with Crippen LogP contribution in [0.5, 0.6) is 0 Å². The quantitative estimate of drug-likeness (QED) is 0.371. The molecular weight excluding hydrogens is 358 g/mol. The first-order chi connectivity index (χ1) is 13.6. The second kappa shape index (κ2) is 8.60. The van der Waals surface area contributed by atoms with Gasteiger partial charge in [-0.1, -0.05) is 19.4 Å². The van der Waals surface area contributed by atoms with Gasteiger partial charge >= 0.3 is 5.69 Å². The van der Waals surface area contributed by atoms with E-state index in [4.69, 9.17) is 9.47 Å². The highest BCUT2D eigenvalue weighted by Crippen LogP contribution is 2.20. The first-order valence-corrected chi connectivity index (χ1v) is 9.16. The number of allylic oxidation sites excluding steroid dienone is 3. The highest BCUT2D eigenvalue weighted by molar-refractivity contribution is 6.00. The molecular formula is C20H25N5O3. The van der Waals surface area contributed by atoms with Crippen molar-refractivity contribution in [3.05, 3.63) is 52.6 Å². The standard InChI is InChI=1S/C20H25N5O3/c1-5-6-7-14(23-17(28-4)10-13(2)27-3)12-25-16-11-22-19-15(8-9-21-19)18(16)24-20(25)26/h7-11H,5-6,12H2,1-4H3,(H,21,22)(H,24,26)/b13-10+,14-7+,23-17-. The van der Waals surface area contributed by atoms with Crippen LogP contribution in [0, 0.1) is 0 Å². The molecule has 0 saturated carbocycles. The van der Waals surface area contributed by atoms with Crippen LogP contribution in [0.2, 0.25) is 0 Å². The van der Waals surface area contributed by atoms with Gasteiger partial charge < -0.3 is 19.4 Å². The molecule has 8 heteroatoms. The molecule has 0 unspecified atom stereocenters. The van der Waals surface area contributed by atoms with Crippen molar-refractivity contribution in [3.63, 3.8) is 0 Å². The Morgan fingerprint density at radius 3 is 2.89 bits per heavy atom. The van der Waals surface area contributed by atoms with Crippen molar-refractivity contribution in [2.45, 2.75) is 33.2 Å². The minimum Gasteiger partial charge on any atom is -0.501 e. The minimum atomic E-state index is -0.203. The Kier molecular flexibility index (Phi) is 5.98. The predicted molar refractivity (Wildman–Crippen MR) is 110 cm³/mol. The van der Waals surface area contributed by atoms with E-state index in [0.29, 0.717) is 18.2 Å². The highest BCUT2D eigenvalue weighted by atomic mass is 16.5. The molecule has 3 aromatic rings. The molecule has 148 valence electrons. The van der Waals surface area contributed by atoms with Crippen molar-refractivity contribution in [1.82, 2.24) is 19.5 Å². The van der Waals surface area contributed by atoms with Gasteiger partial charge in [0.25, 0.3) is 0 Å². The van der Waals surface area contributed by atoms with Crippen LogP contribution in [0.15, 0.2) is 51.9 Å². The maximum absolute atomic E-state index is 12.6. The predicted octanol–water partition coefficient (Wildman–Crippen LogP) is 3.49. The van der Waals surface area contributed by atoms with E-state index in [-0.39, 0.29) is 5.69 Å². The van der Waals surface area contributed by atoms with Crippen molar-refractivity contribution in [2.24, 2.45) is 4.99 Å². The number of aliphatic imine (C=N–C) groups is 1. The molecule has 0 aromatic carbocycles. The zero-order chi connectivity index (χ0) is 20.1. The fourth-order valence-corrected chi connectivity index (χ4v) is 2.90. The molecule has 0 bridgehead atoms. The van der Waals surface area contributed by atoms with Gasteiger partial charge in [-0.3, -0.25) is 4.57 Å².